The predicted octanol–water partition coefficient (Wildman–Crippen LogP) is 9.12. The summed E-state index contributed by atoms with van der Waals surface area (Å²) in [5.41, 5.74) is 8.75. The van der Waals surface area contributed by atoms with Gasteiger partial charge < -0.3 is 10.3 Å². The van der Waals surface area contributed by atoms with E-state index in [0.717, 1.165) is 41.6 Å². The van der Waals surface area contributed by atoms with Gasteiger partial charge in [-0.1, -0.05) is 60.2 Å². The van der Waals surface area contributed by atoms with Crippen LogP contribution >= 0.6 is 11.3 Å². The van der Waals surface area contributed by atoms with E-state index in [1.54, 1.807) is 23.5 Å². The number of hydrogen-bond donors (Lipinski definition) is 2. The molecule has 0 aliphatic carbocycles. The van der Waals surface area contributed by atoms with Crippen molar-refractivity contribution in [3.05, 3.63) is 130 Å². The smallest absolute Gasteiger partial charge is 0.268 e. The Morgan fingerprint density at radius 1 is 0.932 bits per heavy atom. The van der Waals surface area contributed by atoms with E-state index in [1.807, 2.05) is 31.3 Å². The zero-order valence-electron chi connectivity index (χ0n) is 24.7. The molecule has 3 aromatic heterocycles. The second-order valence-corrected chi connectivity index (χ2v) is 15.0. The average molecular weight is 616 g/mol. The van der Waals surface area contributed by atoms with Crippen molar-refractivity contribution in [3.8, 4) is 0 Å². The van der Waals surface area contributed by atoms with Gasteiger partial charge >= 0.3 is 0 Å². The molecule has 7 heteroatoms. The standard InChI is InChI=1S/C37H33N3O2S2/c1-23-12-14-28(15-13-23)44(41,42)40-22-26(20-27-19-25-8-3-4-11-34(25)43-27)35-33(40)17-16-31-29(10-6-18-38-37(31)35)32-21-39-36-24(2)7-5-9-30(32)36/h3-5,7-9,11-17,19,21-22,29,38-39H,6,10,18,20H2,1-2H3. The summed E-state index contributed by atoms with van der Waals surface area (Å²) in [5.74, 6) is 0.189. The number of para-hydroxylation sites is 1. The van der Waals surface area contributed by atoms with Gasteiger partial charge in [0.1, 0.15) is 0 Å². The van der Waals surface area contributed by atoms with E-state index in [-0.39, 0.29) is 5.92 Å². The van der Waals surface area contributed by atoms with Crippen LogP contribution in [-0.4, -0.2) is 23.9 Å². The first-order valence-corrected chi connectivity index (χ1v) is 17.4. The molecule has 0 bridgehead atoms. The lowest BCUT2D eigenvalue weighted by Gasteiger charge is -2.19. The number of aromatic nitrogens is 2. The Morgan fingerprint density at radius 3 is 2.61 bits per heavy atom. The first kappa shape index (κ1) is 27.2. The van der Waals surface area contributed by atoms with Gasteiger partial charge in [0.15, 0.2) is 0 Å². The Morgan fingerprint density at radius 2 is 1.77 bits per heavy atom. The molecule has 0 amide bonds. The summed E-state index contributed by atoms with van der Waals surface area (Å²) in [6.07, 6.45) is 6.73. The van der Waals surface area contributed by atoms with Gasteiger partial charge in [-0.15, -0.1) is 11.3 Å². The van der Waals surface area contributed by atoms with Crippen LogP contribution in [0, 0.1) is 13.8 Å². The fourth-order valence-electron chi connectivity index (χ4n) is 6.96. The maximum atomic E-state index is 14.2. The van der Waals surface area contributed by atoms with Crippen molar-refractivity contribution in [1.82, 2.24) is 8.96 Å². The first-order chi connectivity index (χ1) is 21.4. The predicted molar refractivity (Wildman–Crippen MR) is 183 cm³/mol. The van der Waals surface area contributed by atoms with Gasteiger partial charge in [0.2, 0.25) is 0 Å². The number of anilines is 1. The van der Waals surface area contributed by atoms with Crippen LogP contribution in [0.25, 0.3) is 31.9 Å². The van der Waals surface area contributed by atoms with E-state index in [0.29, 0.717) is 16.8 Å². The third-order valence-electron chi connectivity index (χ3n) is 9.14. The van der Waals surface area contributed by atoms with Gasteiger partial charge in [0, 0.05) is 62.8 Å². The Kier molecular flexibility index (Phi) is 6.43. The first-order valence-electron chi connectivity index (χ1n) is 15.2. The minimum atomic E-state index is -3.82. The lowest BCUT2D eigenvalue weighted by atomic mass is 9.86. The Labute approximate surface area is 261 Å². The number of thiophene rings is 1. The topological polar surface area (TPSA) is 66.9 Å². The lowest BCUT2D eigenvalue weighted by molar-refractivity contribution is 0.589. The maximum absolute atomic E-state index is 14.2. The van der Waals surface area contributed by atoms with E-state index in [9.17, 15) is 8.42 Å². The summed E-state index contributed by atoms with van der Waals surface area (Å²) in [6.45, 7) is 4.95. The van der Waals surface area contributed by atoms with E-state index in [4.69, 9.17) is 0 Å². The zero-order valence-corrected chi connectivity index (χ0v) is 26.4. The van der Waals surface area contributed by atoms with Crippen molar-refractivity contribution in [1.29, 1.82) is 0 Å². The van der Waals surface area contributed by atoms with Gasteiger partial charge in [0.05, 0.1) is 10.4 Å². The fourth-order valence-corrected chi connectivity index (χ4v) is 9.43. The molecule has 220 valence electrons. The van der Waals surface area contributed by atoms with Crippen LogP contribution in [0.5, 0.6) is 0 Å². The number of aromatic amines is 1. The van der Waals surface area contributed by atoms with Crippen molar-refractivity contribution in [3.63, 3.8) is 0 Å². The van der Waals surface area contributed by atoms with Gasteiger partial charge in [-0.2, -0.15) is 0 Å². The number of nitrogens with one attached hydrogen (secondary N) is 2. The van der Waals surface area contributed by atoms with Crippen molar-refractivity contribution in [2.45, 2.75) is 43.9 Å². The summed E-state index contributed by atoms with van der Waals surface area (Å²) in [5, 5.41) is 7.24. The third-order valence-corrected chi connectivity index (χ3v) is 11.9. The van der Waals surface area contributed by atoms with Crippen molar-refractivity contribution in [2.24, 2.45) is 0 Å². The molecule has 1 aliphatic rings. The second-order valence-electron chi connectivity index (χ2n) is 12.0. The maximum Gasteiger partial charge on any atom is 0.268 e. The van der Waals surface area contributed by atoms with Gasteiger partial charge in [-0.3, -0.25) is 0 Å². The number of nitrogens with zero attached hydrogens (tertiary/aromatic N) is 1. The molecular weight excluding hydrogens is 583 g/mol. The van der Waals surface area contributed by atoms with Crippen LogP contribution in [0.3, 0.4) is 0 Å². The molecule has 0 saturated carbocycles. The lowest BCUT2D eigenvalue weighted by Crippen LogP contribution is -2.12. The van der Waals surface area contributed by atoms with E-state index >= 15 is 0 Å². The normalized spacial score (nSPS) is 15.5. The monoisotopic (exact) mass is 615 g/mol. The molecule has 0 radical (unpaired) electrons. The second kappa shape index (κ2) is 10.4. The zero-order chi connectivity index (χ0) is 30.0. The molecule has 0 fully saturated rings. The number of fused-ring (bicyclic) bond motifs is 5. The van der Waals surface area contributed by atoms with E-state index in [1.165, 1.54) is 46.5 Å². The number of rotatable bonds is 5. The van der Waals surface area contributed by atoms with E-state index in [2.05, 4.69) is 78.0 Å². The molecule has 44 heavy (non-hydrogen) atoms. The van der Waals surface area contributed by atoms with Crippen LogP contribution in [-0.2, 0) is 16.4 Å². The van der Waals surface area contributed by atoms with Crippen molar-refractivity contribution in [2.75, 3.05) is 11.9 Å². The number of benzene rings is 4. The molecule has 4 heterocycles. The summed E-state index contributed by atoms with van der Waals surface area (Å²) in [6, 6.07) is 28.5. The molecule has 4 aromatic carbocycles. The van der Waals surface area contributed by atoms with Crippen LogP contribution in [0.2, 0.25) is 0 Å². The molecule has 0 saturated heterocycles. The van der Waals surface area contributed by atoms with Crippen LogP contribution < -0.4 is 5.32 Å². The quantitative estimate of drug-likeness (QED) is 0.203. The van der Waals surface area contributed by atoms with Gasteiger partial charge in [0.25, 0.3) is 10.0 Å². The summed E-state index contributed by atoms with van der Waals surface area (Å²) in [7, 11) is -3.82. The van der Waals surface area contributed by atoms with Crippen molar-refractivity contribution >= 4 is 58.9 Å². The molecule has 2 N–H and O–H groups in total. The highest BCUT2D eigenvalue weighted by Crippen LogP contribution is 2.45. The average Bonchev–Trinajstić information content (AvgIpc) is 3.70. The minimum absolute atomic E-state index is 0.189. The fraction of sp³-hybridized carbons (Fsp3) is 0.189. The summed E-state index contributed by atoms with van der Waals surface area (Å²) >= 11 is 1.77. The van der Waals surface area contributed by atoms with E-state index < -0.39 is 10.0 Å². The largest absolute Gasteiger partial charge is 0.384 e. The molecule has 1 atom stereocenters. The summed E-state index contributed by atoms with van der Waals surface area (Å²) in [4.78, 5) is 5.05. The molecule has 7 aromatic rings. The van der Waals surface area contributed by atoms with Crippen molar-refractivity contribution < 1.29 is 8.42 Å². The minimum Gasteiger partial charge on any atom is -0.384 e. The van der Waals surface area contributed by atoms with Gasteiger partial charge in [-0.25, -0.2) is 12.4 Å². The number of hydrogen-bond acceptors (Lipinski definition) is 4. The van der Waals surface area contributed by atoms with Crippen LogP contribution in [0.4, 0.5) is 5.69 Å². The summed E-state index contributed by atoms with van der Waals surface area (Å²) < 4.78 is 31.1. The number of aryl methyl sites for hydroxylation is 2. The highest BCUT2D eigenvalue weighted by Gasteiger charge is 2.29. The Balaban J connectivity index is 1.35. The molecule has 0 spiro atoms. The highest BCUT2D eigenvalue weighted by atomic mass is 32.2. The number of H-pyrrole nitrogens is 1. The van der Waals surface area contributed by atoms with Gasteiger partial charge in [-0.05, 0) is 84.7 Å². The van der Waals surface area contributed by atoms with Crippen LogP contribution in [0.15, 0.2) is 102 Å². The molecule has 8 rings (SSSR count). The third kappa shape index (κ3) is 4.37. The Hall–Kier alpha value is -4.33. The highest BCUT2D eigenvalue weighted by molar-refractivity contribution is 7.90. The molecule has 5 nitrogen and oxygen atoms in total. The SMILES string of the molecule is Cc1ccc(S(=O)(=O)n2cc(Cc3cc4ccccc4s3)c3c4c(ccc32)C(c2c[nH]c3c(C)cccc23)CCCN4)cc1. The Bertz CT molecular complexity index is 2270. The molecule has 1 aliphatic heterocycles. The molecule has 1 unspecified atom stereocenters. The molecular formula is C37H33N3O2S2. The van der Waals surface area contributed by atoms with Crippen LogP contribution in [0.1, 0.15) is 51.5 Å².